The van der Waals surface area contributed by atoms with Gasteiger partial charge < -0.3 is 16.0 Å². The van der Waals surface area contributed by atoms with Gasteiger partial charge in [0.2, 0.25) is 0 Å². The zero-order chi connectivity index (χ0) is 16.4. The Morgan fingerprint density at radius 3 is 2.96 bits per heavy atom. The predicted octanol–water partition coefficient (Wildman–Crippen LogP) is 2.21. The monoisotopic (exact) mass is 317 g/mol. The van der Waals surface area contributed by atoms with Crippen molar-refractivity contribution in [2.24, 2.45) is 7.05 Å². The zero-order valence-corrected chi connectivity index (χ0v) is 13.7. The van der Waals surface area contributed by atoms with Crippen molar-refractivity contribution in [3.05, 3.63) is 41.3 Å². The zero-order valence-electron chi connectivity index (χ0n) is 13.7. The maximum absolute atomic E-state index is 14.2. The molecule has 0 amide bonds. The van der Waals surface area contributed by atoms with Crippen molar-refractivity contribution in [1.29, 1.82) is 0 Å². The summed E-state index contributed by atoms with van der Waals surface area (Å²) in [6.07, 6.45) is 4.07. The molecule has 2 heterocycles. The predicted molar refractivity (Wildman–Crippen MR) is 90.8 cm³/mol. The van der Waals surface area contributed by atoms with E-state index in [0.717, 1.165) is 42.7 Å². The summed E-state index contributed by atoms with van der Waals surface area (Å²) in [5.41, 5.74) is 8.61. The van der Waals surface area contributed by atoms with Crippen LogP contribution in [0, 0.1) is 12.7 Å². The first kappa shape index (κ1) is 15.8. The summed E-state index contributed by atoms with van der Waals surface area (Å²) in [7, 11) is 1.86. The van der Waals surface area contributed by atoms with Crippen LogP contribution in [0.25, 0.3) is 0 Å². The van der Waals surface area contributed by atoms with Crippen molar-refractivity contribution in [3.8, 4) is 0 Å². The summed E-state index contributed by atoms with van der Waals surface area (Å²) >= 11 is 0. The van der Waals surface area contributed by atoms with Crippen LogP contribution in [-0.2, 0) is 13.6 Å². The molecule has 1 aromatic carbocycles. The van der Waals surface area contributed by atoms with Crippen molar-refractivity contribution in [2.75, 3.05) is 23.7 Å². The first-order valence-electron chi connectivity index (χ1n) is 8.06. The molecule has 1 aromatic heterocycles. The Labute approximate surface area is 136 Å². The van der Waals surface area contributed by atoms with Crippen LogP contribution < -0.4 is 16.0 Å². The molecular weight excluding hydrogens is 293 g/mol. The lowest BCUT2D eigenvalue weighted by molar-refractivity contribution is 0.418. The molecule has 0 aliphatic carbocycles. The van der Waals surface area contributed by atoms with Gasteiger partial charge in [-0.05, 0) is 31.4 Å². The maximum Gasteiger partial charge on any atom is 0.149 e. The van der Waals surface area contributed by atoms with Gasteiger partial charge in [-0.15, -0.1) is 0 Å². The third kappa shape index (κ3) is 3.47. The van der Waals surface area contributed by atoms with Gasteiger partial charge in [0.15, 0.2) is 0 Å². The second-order valence-electron chi connectivity index (χ2n) is 6.28. The molecule has 2 aromatic rings. The van der Waals surface area contributed by atoms with Crippen LogP contribution in [0.15, 0.2) is 24.4 Å². The van der Waals surface area contributed by atoms with Gasteiger partial charge in [0.25, 0.3) is 0 Å². The van der Waals surface area contributed by atoms with Gasteiger partial charge >= 0.3 is 0 Å². The number of rotatable bonds is 4. The summed E-state index contributed by atoms with van der Waals surface area (Å²) in [6, 6.07) is 5.59. The standard InChI is InChI=1S/C17H24FN5/c1-12-5-3-7-15(18)16(12)23-8-4-6-14(11-23)20-9-13-10-22(2)21-17(13)19/h3,5,7,10,14,20H,4,6,8-9,11H2,1-2H3,(H2,19,21). The van der Waals surface area contributed by atoms with Gasteiger partial charge in [0.05, 0.1) is 5.69 Å². The third-order valence-electron chi connectivity index (χ3n) is 4.44. The Hall–Kier alpha value is -2.08. The minimum absolute atomic E-state index is 0.137. The number of nitrogens with zero attached hydrogens (tertiary/aromatic N) is 3. The van der Waals surface area contributed by atoms with E-state index in [-0.39, 0.29) is 5.82 Å². The van der Waals surface area contributed by atoms with Crippen LogP contribution in [0.3, 0.4) is 0 Å². The molecular formula is C17H24FN5. The average molecular weight is 317 g/mol. The lowest BCUT2D eigenvalue weighted by Crippen LogP contribution is -2.46. The minimum atomic E-state index is -0.137. The van der Waals surface area contributed by atoms with Crippen molar-refractivity contribution < 1.29 is 4.39 Å². The summed E-state index contributed by atoms with van der Waals surface area (Å²) in [5, 5.41) is 7.69. The third-order valence-corrected chi connectivity index (χ3v) is 4.44. The van der Waals surface area contributed by atoms with Gasteiger partial charge in [0, 0.05) is 44.5 Å². The number of halogens is 1. The smallest absolute Gasteiger partial charge is 0.149 e. The maximum atomic E-state index is 14.2. The highest BCUT2D eigenvalue weighted by Gasteiger charge is 2.23. The normalized spacial score (nSPS) is 18.4. The average Bonchev–Trinajstić information content (AvgIpc) is 2.83. The van der Waals surface area contributed by atoms with Crippen LogP contribution in [0.5, 0.6) is 0 Å². The van der Waals surface area contributed by atoms with E-state index >= 15 is 0 Å². The van der Waals surface area contributed by atoms with Gasteiger partial charge in [-0.1, -0.05) is 12.1 Å². The van der Waals surface area contributed by atoms with E-state index < -0.39 is 0 Å². The van der Waals surface area contributed by atoms with E-state index in [9.17, 15) is 4.39 Å². The van der Waals surface area contributed by atoms with E-state index in [1.54, 1.807) is 10.7 Å². The fourth-order valence-electron chi connectivity index (χ4n) is 3.32. The SMILES string of the molecule is Cc1cccc(F)c1N1CCCC(NCc2cn(C)nc2N)C1. The molecule has 0 radical (unpaired) electrons. The van der Waals surface area contributed by atoms with E-state index in [0.29, 0.717) is 18.4 Å². The molecule has 6 heteroatoms. The van der Waals surface area contributed by atoms with E-state index in [1.165, 1.54) is 6.07 Å². The molecule has 1 atom stereocenters. The number of piperidine rings is 1. The topological polar surface area (TPSA) is 59.1 Å². The Balaban J connectivity index is 1.65. The van der Waals surface area contributed by atoms with Crippen LogP contribution in [0.1, 0.15) is 24.0 Å². The van der Waals surface area contributed by atoms with Crippen molar-refractivity contribution in [1.82, 2.24) is 15.1 Å². The number of aromatic nitrogens is 2. The van der Waals surface area contributed by atoms with Gasteiger partial charge in [-0.3, -0.25) is 4.68 Å². The van der Waals surface area contributed by atoms with Crippen molar-refractivity contribution >= 4 is 11.5 Å². The number of benzene rings is 1. The Morgan fingerprint density at radius 1 is 1.43 bits per heavy atom. The quantitative estimate of drug-likeness (QED) is 0.908. The lowest BCUT2D eigenvalue weighted by Gasteiger charge is -2.35. The Kier molecular flexibility index (Phi) is 4.52. The summed E-state index contributed by atoms with van der Waals surface area (Å²) in [4.78, 5) is 2.15. The number of anilines is 2. The fraction of sp³-hybridized carbons (Fsp3) is 0.471. The molecule has 0 spiro atoms. The second kappa shape index (κ2) is 6.58. The molecule has 3 N–H and O–H groups in total. The molecule has 5 nitrogen and oxygen atoms in total. The molecule has 0 saturated carbocycles. The first-order valence-corrected chi connectivity index (χ1v) is 8.06. The van der Waals surface area contributed by atoms with Crippen LogP contribution in [-0.4, -0.2) is 28.9 Å². The molecule has 1 aliphatic heterocycles. The number of nitrogens with two attached hydrogens (primary N) is 1. The molecule has 0 bridgehead atoms. The summed E-state index contributed by atoms with van der Waals surface area (Å²) in [5.74, 6) is 0.430. The van der Waals surface area contributed by atoms with Gasteiger partial charge in [-0.2, -0.15) is 5.10 Å². The highest BCUT2D eigenvalue weighted by molar-refractivity contribution is 5.54. The molecule has 3 rings (SSSR count). The number of aryl methyl sites for hydroxylation is 2. The highest BCUT2D eigenvalue weighted by atomic mass is 19.1. The number of hydrogen-bond acceptors (Lipinski definition) is 4. The Morgan fingerprint density at radius 2 is 2.26 bits per heavy atom. The number of hydrogen-bond donors (Lipinski definition) is 2. The molecule has 1 fully saturated rings. The summed E-state index contributed by atoms with van der Waals surface area (Å²) < 4.78 is 15.9. The lowest BCUT2D eigenvalue weighted by atomic mass is 10.0. The largest absolute Gasteiger partial charge is 0.382 e. The molecule has 1 saturated heterocycles. The number of nitrogen functional groups attached to an aromatic ring is 1. The van der Waals surface area contributed by atoms with Crippen LogP contribution in [0.2, 0.25) is 0 Å². The summed E-state index contributed by atoms with van der Waals surface area (Å²) in [6.45, 7) is 4.36. The van der Waals surface area contributed by atoms with E-state index in [2.05, 4.69) is 15.3 Å². The van der Waals surface area contributed by atoms with Crippen molar-refractivity contribution in [3.63, 3.8) is 0 Å². The molecule has 23 heavy (non-hydrogen) atoms. The molecule has 1 unspecified atom stereocenters. The van der Waals surface area contributed by atoms with E-state index in [1.807, 2.05) is 26.2 Å². The highest BCUT2D eigenvalue weighted by Crippen LogP contribution is 2.27. The van der Waals surface area contributed by atoms with Gasteiger partial charge in [0.1, 0.15) is 11.6 Å². The second-order valence-corrected chi connectivity index (χ2v) is 6.28. The van der Waals surface area contributed by atoms with Crippen LogP contribution in [0.4, 0.5) is 15.9 Å². The molecule has 124 valence electrons. The number of para-hydroxylation sites is 1. The first-order chi connectivity index (χ1) is 11.0. The van der Waals surface area contributed by atoms with Crippen molar-refractivity contribution in [2.45, 2.75) is 32.4 Å². The number of nitrogens with one attached hydrogen (secondary N) is 1. The van der Waals surface area contributed by atoms with Crippen LogP contribution >= 0.6 is 0 Å². The van der Waals surface area contributed by atoms with Gasteiger partial charge in [-0.25, -0.2) is 4.39 Å². The van der Waals surface area contributed by atoms with E-state index in [4.69, 9.17) is 5.73 Å². The minimum Gasteiger partial charge on any atom is -0.382 e. The Bertz CT molecular complexity index is 661. The molecule has 1 aliphatic rings. The fourth-order valence-corrected chi connectivity index (χ4v) is 3.32.